The van der Waals surface area contributed by atoms with Gasteiger partial charge >= 0.3 is 29.5 Å². The Labute approximate surface area is 250 Å². The fourth-order valence-corrected chi connectivity index (χ4v) is 4.50. The van der Waals surface area contributed by atoms with Crippen molar-refractivity contribution in [2.75, 3.05) is 6.61 Å². The van der Waals surface area contributed by atoms with Crippen LogP contribution in [0.3, 0.4) is 0 Å². The molecule has 14 nitrogen and oxygen atoms in total. The molecule has 0 spiro atoms. The van der Waals surface area contributed by atoms with Gasteiger partial charge in [-0.15, -0.1) is 0 Å². The van der Waals surface area contributed by atoms with Crippen LogP contribution in [0, 0.1) is 0 Å². The van der Waals surface area contributed by atoms with Crippen molar-refractivity contribution in [3.63, 3.8) is 0 Å². The topological polar surface area (TPSA) is 183 Å². The van der Waals surface area contributed by atoms with Gasteiger partial charge in [-0.3, -0.25) is 19.2 Å². The maximum Gasteiger partial charge on any atom is 0.383 e. The summed E-state index contributed by atoms with van der Waals surface area (Å²) in [6, 6.07) is 13.1. The van der Waals surface area contributed by atoms with Gasteiger partial charge in [0.1, 0.15) is 30.7 Å². The van der Waals surface area contributed by atoms with E-state index in [1.54, 1.807) is 24.3 Å². The average molecular weight is 615 g/mol. The first kappa shape index (κ1) is 31.8. The van der Waals surface area contributed by atoms with Crippen LogP contribution < -0.4 is 15.1 Å². The van der Waals surface area contributed by atoms with Crippen LogP contribution in [0.15, 0.2) is 57.7 Å². The van der Waals surface area contributed by atoms with Crippen LogP contribution >= 0.6 is 0 Å². The van der Waals surface area contributed by atoms with Gasteiger partial charge in [-0.1, -0.05) is 30.3 Å². The molecule has 44 heavy (non-hydrogen) atoms. The molecule has 1 aliphatic rings. The minimum atomic E-state index is -1.51. The van der Waals surface area contributed by atoms with Crippen molar-refractivity contribution in [3.05, 3.63) is 64.5 Å². The normalized spacial score (nSPS) is 21.1. The number of hydrogen-bond donors (Lipinski definition) is 1. The smallest absolute Gasteiger partial charge is 0.383 e. The Balaban J connectivity index is 1.66. The summed E-state index contributed by atoms with van der Waals surface area (Å²) in [6.45, 7) is 4.02. The van der Waals surface area contributed by atoms with Crippen LogP contribution in [0.5, 0.6) is 17.2 Å². The molecule has 234 valence electrons. The first-order chi connectivity index (χ1) is 20.9. The highest BCUT2D eigenvalue weighted by atomic mass is 16.7. The van der Waals surface area contributed by atoms with Gasteiger partial charge in [-0.2, -0.15) is 0 Å². The molecule has 1 N–H and O–H groups in total. The highest BCUT2D eigenvalue weighted by Crippen LogP contribution is 2.35. The van der Waals surface area contributed by atoms with Gasteiger partial charge in [0.2, 0.25) is 18.1 Å². The van der Waals surface area contributed by atoms with E-state index < -0.39 is 72.6 Å². The number of hydrogen-bond acceptors (Lipinski definition) is 14. The molecule has 0 bridgehead atoms. The molecule has 1 aliphatic heterocycles. The fourth-order valence-electron chi connectivity index (χ4n) is 4.50. The molecule has 5 atom stereocenters. The molecule has 0 amide bonds. The average Bonchev–Trinajstić information content (AvgIpc) is 2.94. The van der Waals surface area contributed by atoms with Gasteiger partial charge in [-0.25, -0.2) is 4.79 Å². The van der Waals surface area contributed by atoms with Crippen LogP contribution in [-0.2, 0) is 49.5 Å². The van der Waals surface area contributed by atoms with E-state index in [0.29, 0.717) is 0 Å². The van der Waals surface area contributed by atoms with Gasteiger partial charge in [0.15, 0.2) is 18.0 Å². The third kappa shape index (κ3) is 7.83. The molecule has 1 fully saturated rings. The summed E-state index contributed by atoms with van der Waals surface area (Å²) >= 11 is 0. The number of benzene rings is 2. The molecule has 4 rings (SSSR count). The summed E-state index contributed by atoms with van der Waals surface area (Å²) in [5, 5.41) is 10.9. The number of aromatic hydroxyl groups is 1. The molecule has 1 saturated heterocycles. The second-order valence-corrected chi connectivity index (χ2v) is 9.68. The number of rotatable bonds is 10. The van der Waals surface area contributed by atoms with E-state index in [2.05, 4.69) is 0 Å². The zero-order chi connectivity index (χ0) is 32.0. The van der Waals surface area contributed by atoms with Gasteiger partial charge < -0.3 is 42.7 Å². The van der Waals surface area contributed by atoms with Crippen LogP contribution in [0.2, 0.25) is 0 Å². The maximum atomic E-state index is 12.7. The third-order valence-electron chi connectivity index (χ3n) is 6.24. The van der Waals surface area contributed by atoms with E-state index in [1.165, 1.54) is 18.2 Å². The molecule has 2 aromatic carbocycles. The Kier molecular flexibility index (Phi) is 10.1. The highest BCUT2D eigenvalue weighted by molar-refractivity contribution is 5.86. The Bertz CT molecular complexity index is 1580. The Morgan fingerprint density at radius 3 is 2.09 bits per heavy atom. The SMILES string of the molecule is CC(=O)OC[C@H]1O[C@@H](Oc2ccc3c(O)c(OCc4ccccc4)c(=O)oc3c2)[C@H](OC(C)=O)[C@@H](OC(C)=O)[C@@H]1OC(C)=O. The van der Waals surface area contributed by atoms with Crippen molar-refractivity contribution < 1.29 is 61.9 Å². The van der Waals surface area contributed by atoms with E-state index in [4.69, 9.17) is 37.6 Å². The molecule has 0 radical (unpaired) electrons. The molecule has 2 heterocycles. The van der Waals surface area contributed by atoms with Crippen molar-refractivity contribution in [3.8, 4) is 17.2 Å². The number of carbonyl (C=O) groups is 4. The molecule has 14 heteroatoms. The standard InChI is InChI=1S/C30H30O14/c1-15(31)37-14-23-25(39-16(2)32)27(40-17(3)33)28(41-18(4)34)30(44-23)42-20-10-11-21-22(12-20)43-29(36)26(24(21)35)38-13-19-8-6-5-7-9-19/h5-12,23,25,27-28,30,35H,13-14H2,1-4H3/t23-,25-,27+,28-,30-/m1/s1. The van der Waals surface area contributed by atoms with Crippen LogP contribution in [0.4, 0.5) is 0 Å². The van der Waals surface area contributed by atoms with Crippen molar-refractivity contribution in [1.29, 1.82) is 0 Å². The predicted octanol–water partition coefficient (Wildman–Crippen LogP) is 2.54. The second kappa shape index (κ2) is 13.9. The summed E-state index contributed by atoms with van der Waals surface area (Å²) < 4.78 is 43.9. The van der Waals surface area contributed by atoms with Crippen LogP contribution in [0.25, 0.3) is 11.0 Å². The summed E-state index contributed by atoms with van der Waals surface area (Å²) in [6.07, 6.45) is -7.01. The van der Waals surface area contributed by atoms with Gasteiger partial charge in [-0.05, 0) is 17.7 Å². The van der Waals surface area contributed by atoms with Crippen LogP contribution in [0.1, 0.15) is 33.3 Å². The summed E-state index contributed by atoms with van der Waals surface area (Å²) in [5.41, 5.74) is -0.266. The number of fused-ring (bicyclic) bond motifs is 1. The Morgan fingerprint density at radius 2 is 1.45 bits per heavy atom. The lowest BCUT2D eigenvalue weighted by molar-refractivity contribution is -0.288. The largest absolute Gasteiger partial charge is 0.504 e. The molecule has 3 aromatic rings. The lowest BCUT2D eigenvalue weighted by Crippen LogP contribution is -2.63. The van der Waals surface area contributed by atoms with E-state index in [-0.39, 0.29) is 29.1 Å². The van der Waals surface area contributed by atoms with Crippen molar-refractivity contribution >= 4 is 34.8 Å². The highest BCUT2D eigenvalue weighted by Gasteiger charge is 2.53. The van der Waals surface area contributed by atoms with Crippen molar-refractivity contribution in [2.24, 2.45) is 0 Å². The zero-order valence-electron chi connectivity index (χ0n) is 24.2. The molecule has 0 unspecified atom stereocenters. The quantitative estimate of drug-likeness (QED) is 0.200. The third-order valence-corrected chi connectivity index (χ3v) is 6.24. The second-order valence-electron chi connectivity index (χ2n) is 9.68. The first-order valence-electron chi connectivity index (χ1n) is 13.4. The van der Waals surface area contributed by atoms with E-state index >= 15 is 0 Å². The summed E-state index contributed by atoms with van der Waals surface area (Å²) in [7, 11) is 0. The molecule has 0 aliphatic carbocycles. The van der Waals surface area contributed by atoms with Gasteiger partial charge in [0.25, 0.3) is 0 Å². The Morgan fingerprint density at radius 1 is 0.818 bits per heavy atom. The minimum Gasteiger partial charge on any atom is -0.504 e. The van der Waals surface area contributed by atoms with Crippen LogP contribution in [-0.4, -0.2) is 66.3 Å². The maximum absolute atomic E-state index is 12.7. The molecule has 1 aromatic heterocycles. The molecule has 0 saturated carbocycles. The van der Waals surface area contributed by atoms with Crippen molar-refractivity contribution in [1.82, 2.24) is 0 Å². The number of esters is 4. The minimum absolute atomic E-state index is 0.00869. The Hall–Kier alpha value is -5.11. The predicted molar refractivity (Wildman–Crippen MR) is 148 cm³/mol. The lowest BCUT2D eigenvalue weighted by atomic mass is 9.98. The van der Waals surface area contributed by atoms with E-state index in [0.717, 1.165) is 33.3 Å². The van der Waals surface area contributed by atoms with Gasteiger partial charge in [0, 0.05) is 33.8 Å². The van der Waals surface area contributed by atoms with E-state index in [1.807, 2.05) is 6.07 Å². The molecular weight excluding hydrogens is 584 g/mol. The summed E-state index contributed by atoms with van der Waals surface area (Å²) in [4.78, 5) is 60.2. The van der Waals surface area contributed by atoms with Crippen molar-refractivity contribution in [2.45, 2.75) is 65.0 Å². The van der Waals surface area contributed by atoms with Gasteiger partial charge in [0.05, 0.1) is 5.39 Å². The zero-order valence-corrected chi connectivity index (χ0v) is 24.2. The van der Waals surface area contributed by atoms with E-state index in [9.17, 15) is 29.1 Å². The fraction of sp³-hybridized carbons (Fsp3) is 0.367. The molecular formula is C30H30O14. The number of carbonyl (C=O) groups excluding carboxylic acids is 4. The lowest BCUT2D eigenvalue weighted by Gasteiger charge is -2.43. The first-order valence-corrected chi connectivity index (χ1v) is 13.4. The number of ether oxygens (including phenoxy) is 7. The summed E-state index contributed by atoms with van der Waals surface area (Å²) in [5.74, 6) is -3.87. The monoisotopic (exact) mass is 614 g/mol.